The molecule has 1 aliphatic heterocycles. The Morgan fingerprint density at radius 2 is 1.61 bits per heavy atom. The van der Waals surface area contributed by atoms with Crippen molar-refractivity contribution in [1.82, 2.24) is 4.98 Å². The van der Waals surface area contributed by atoms with Crippen molar-refractivity contribution >= 4 is 32.7 Å². The fourth-order valence-corrected chi connectivity index (χ4v) is 4.87. The van der Waals surface area contributed by atoms with Crippen molar-refractivity contribution in [1.29, 1.82) is 0 Å². The molecule has 0 aliphatic carbocycles. The molecular weight excluding hydrogens is 408 g/mol. The van der Waals surface area contributed by atoms with E-state index in [1.54, 1.807) is 18.4 Å². The summed E-state index contributed by atoms with van der Waals surface area (Å²) in [6, 6.07) is 25.5. The Bertz CT molecular complexity index is 1150. The molecule has 2 heterocycles. The topological polar surface area (TPSA) is 51.7 Å². The number of fused-ring (bicyclic) bond motifs is 1. The third kappa shape index (κ3) is 3.86. The lowest BCUT2D eigenvalue weighted by molar-refractivity contribution is -0.151. The molecule has 1 fully saturated rings. The summed E-state index contributed by atoms with van der Waals surface area (Å²) in [6.07, 6.45) is -0.142. The predicted octanol–water partition coefficient (Wildman–Crippen LogP) is 4.87. The Balaban J connectivity index is 1.29. The van der Waals surface area contributed by atoms with Gasteiger partial charge < -0.3 is 14.4 Å². The van der Waals surface area contributed by atoms with Crippen LogP contribution in [0.2, 0.25) is 0 Å². The number of carbonyl (C=O) groups is 1. The van der Waals surface area contributed by atoms with Gasteiger partial charge in [-0.1, -0.05) is 78.1 Å². The summed E-state index contributed by atoms with van der Waals surface area (Å²) < 4.78 is 12.4. The molecule has 0 amide bonds. The van der Waals surface area contributed by atoms with Gasteiger partial charge in [0.2, 0.25) is 0 Å². The Kier molecular flexibility index (Phi) is 5.30. The number of carbonyl (C=O) groups excluding carboxylic acids is 1. The summed E-state index contributed by atoms with van der Waals surface area (Å²) in [6.45, 7) is 1.29. The van der Waals surface area contributed by atoms with Gasteiger partial charge in [-0.05, 0) is 23.3 Å². The highest BCUT2D eigenvalue weighted by Gasteiger charge is 2.35. The molecule has 0 N–H and O–H groups in total. The number of hydrogen-bond donors (Lipinski definition) is 0. The Morgan fingerprint density at radius 1 is 0.968 bits per heavy atom. The quantitative estimate of drug-likeness (QED) is 0.409. The van der Waals surface area contributed by atoms with E-state index in [2.05, 4.69) is 4.90 Å². The first-order valence-electron chi connectivity index (χ1n) is 10.2. The molecule has 0 saturated carbocycles. The Morgan fingerprint density at radius 3 is 2.23 bits per heavy atom. The Hall–Kier alpha value is -3.38. The zero-order valence-corrected chi connectivity index (χ0v) is 17.9. The van der Waals surface area contributed by atoms with Crippen LogP contribution in [0.25, 0.3) is 10.2 Å². The van der Waals surface area contributed by atoms with E-state index in [1.165, 1.54) is 0 Å². The standard InChI is InChI=1S/C25H22N2O3S/c1-29-20-13-8-14-21-23(20)26-25(31-21)27-15-19(16-27)30-24(28)22(17-9-4-2-5-10-17)18-11-6-3-7-12-18/h2-14,19,22H,15-16H2,1H3. The van der Waals surface area contributed by atoms with E-state index in [0.717, 1.165) is 32.2 Å². The van der Waals surface area contributed by atoms with Crippen molar-refractivity contribution < 1.29 is 14.3 Å². The molecule has 0 bridgehead atoms. The number of esters is 1. The highest BCUT2D eigenvalue weighted by molar-refractivity contribution is 7.22. The average molecular weight is 431 g/mol. The zero-order valence-electron chi connectivity index (χ0n) is 17.1. The van der Waals surface area contributed by atoms with E-state index < -0.39 is 5.92 Å². The zero-order chi connectivity index (χ0) is 21.2. The number of anilines is 1. The number of aromatic nitrogens is 1. The number of benzene rings is 3. The number of ether oxygens (including phenoxy) is 2. The molecule has 5 nitrogen and oxygen atoms in total. The minimum absolute atomic E-state index is 0.142. The van der Waals surface area contributed by atoms with Gasteiger partial charge in [0.1, 0.15) is 23.3 Å². The van der Waals surface area contributed by atoms with Crippen molar-refractivity contribution in [2.24, 2.45) is 0 Å². The van der Waals surface area contributed by atoms with Gasteiger partial charge >= 0.3 is 5.97 Å². The lowest BCUT2D eigenvalue weighted by Crippen LogP contribution is -2.53. The van der Waals surface area contributed by atoms with Crippen LogP contribution in [0.5, 0.6) is 5.75 Å². The molecule has 1 aliphatic rings. The number of methoxy groups -OCH3 is 1. The van der Waals surface area contributed by atoms with Gasteiger partial charge in [0.05, 0.1) is 24.9 Å². The summed E-state index contributed by atoms with van der Waals surface area (Å²) >= 11 is 1.63. The van der Waals surface area contributed by atoms with Gasteiger partial charge in [0.15, 0.2) is 5.13 Å². The lowest BCUT2D eigenvalue weighted by Gasteiger charge is -2.38. The summed E-state index contributed by atoms with van der Waals surface area (Å²) in [4.78, 5) is 20.0. The van der Waals surface area contributed by atoms with Crippen LogP contribution in [0.15, 0.2) is 78.9 Å². The molecule has 1 saturated heterocycles. The molecule has 4 aromatic rings. The van der Waals surface area contributed by atoms with E-state index >= 15 is 0 Å². The molecule has 156 valence electrons. The van der Waals surface area contributed by atoms with Gasteiger partial charge in [-0.2, -0.15) is 0 Å². The van der Waals surface area contributed by atoms with Crippen LogP contribution < -0.4 is 9.64 Å². The van der Waals surface area contributed by atoms with Gasteiger partial charge in [-0.3, -0.25) is 4.79 Å². The van der Waals surface area contributed by atoms with Gasteiger partial charge in [-0.15, -0.1) is 0 Å². The molecule has 1 aromatic heterocycles. The van der Waals surface area contributed by atoms with Crippen LogP contribution in [0.1, 0.15) is 17.0 Å². The number of para-hydroxylation sites is 1. The number of thiazole rings is 1. The van der Waals surface area contributed by atoms with Crippen molar-refractivity contribution in [2.45, 2.75) is 12.0 Å². The molecule has 5 rings (SSSR count). The fraction of sp³-hybridized carbons (Fsp3) is 0.200. The maximum atomic E-state index is 13.1. The van der Waals surface area contributed by atoms with E-state index in [-0.39, 0.29) is 12.1 Å². The van der Waals surface area contributed by atoms with E-state index in [9.17, 15) is 4.79 Å². The average Bonchev–Trinajstić information content (AvgIpc) is 3.21. The molecule has 31 heavy (non-hydrogen) atoms. The predicted molar refractivity (Wildman–Crippen MR) is 123 cm³/mol. The van der Waals surface area contributed by atoms with Gasteiger partial charge in [0, 0.05) is 0 Å². The normalized spacial score (nSPS) is 13.9. The molecule has 0 radical (unpaired) electrons. The van der Waals surface area contributed by atoms with Crippen LogP contribution in [-0.2, 0) is 9.53 Å². The first-order chi connectivity index (χ1) is 15.2. The molecule has 6 heteroatoms. The fourth-order valence-electron chi connectivity index (χ4n) is 3.87. The number of rotatable bonds is 6. The van der Waals surface area contributed by atoms with Gasteiger partial charge in [-0.25, -0.2) is 4.98 Å². The molecule has 0 unspecified atom stereocenters. The van der Waals surface area contributed by atoms with E-state index in [1.807, 2.05) is 78.9 Å². The minimum atomic E-state index is -0.428. The van der Waals surface area contributed by atoms with Crippen LogP contribution in [0.3, 0.4) is 0 Å². The molecule has 3 aromatic carbocycles. The van der Waals surface area contributed by atoms with Crippen LogP contribution >= 0.6 is 11.3 Å². The highest BCUT2D eigenvalue weighted by atomic mass is 32.1. The van der Waals surface area contributed by atoms with Gasteiger partial charge in [0.25, 0.3) is 0 Å². The molecular formula is C25H22N2O3S. The molecule has 0 atom stereocenters. The Labute approximate surface area is 184 Å². The van der Waals surface area contributed by atoms with Crippen LogP contribution in [-0.4, -0.2) is 37.3 Å². The first kappa shape index (κ1) is 19.6. The monoisotopic (exact) mass is 430 g/mol. The van der Waals surface area contributed by atoms with Crippen LogP contribution in [0, 0.1) is 0 Å². The van der Waals surface area contributed by atoms with Crippen molar-refractivity contribution in [3.63, 3.8) is 0 Å². The summed E-state index contributed by atoms with van der Waals surface area (Å²) in [5.41, 5.74) is 2.75. The number of nitrogens with zero attached hydrogens (tertiary/aromatic N) is 2. The van der Waals surface area contributed by atoms with Crippen molar-refractivity contribution in [3.05, 3.63) is 90.0 Å². The van der Waals surface area contributed by atoms with Crippen LogP contribution in [0.4, 0.5) is 5.13 Å². The highest BCUT2D eigenvalue weighted by Crippen LogP contribution is 2.36. The smallest absolute Gasteiger partial charge is 0.318 e. The van der Waals surface area contributed by atoms with E-state index in [0.29, 0.717) is 13.1 Å². The lowest BCUT2D eigenvalue weighted by atomic mass is 9.91. The summed E-state index contributed by atoms with van der Waals surface area (Å²) in [5.74, 6) is 0.133. The first-order valence-corrected chi connectivity index (χ1v) is 11.0. The van der Waals surface area contributed by atoms with Crippen molar-refractivity contribution in [3.8, 4) is 5.75 Å². The minimum Gasteiger partial charge on any atom is -0.494 e. The summed E-state index contributed by atoms with van der Waals surface area (Å²) in [7, 11) is 1.66. The summed E-state index contributed by atoms with van der Waals surface area (Å²) in [5, 5.41) is 0.925. The molecule has 0 spiro atoms. The largest absolute Gasteiger partial charge is 0.494 e. The second kappa shape index (κ2) is 8.40. The third-order valence-corrected chi connectivity index (χ3v) is 6.57. The SMILES string of the molecule is COc1cccc2sc(N3CC(OC(=O)C(c4ccccc4)c4ccccc4)C3)nc12. The maximum absolute atomic E-state index is 13.1. The second-order valence-electron chi connectivity index (χ2n) is 7.52. The maximum Gasteiger partial charge on any atom is 0.318 e. The second-order valence-corrected chi connectivity index (χ2v) is 8.53. The van der Waals surface area contributed by atoms with E-state index in [4.69, 9.17) is 14.5 Å². The third-order valence-electron chi connectivity index (χ3n) is 5.49. The van der Waals surface area contributed by atoms with Crippen molar-refractivity contribution in [2.75, 3.05) is 25.1 Å². The number of hydrogen-bond acceptors (Lipinski definition) is 6.